The van der Waals surface area contributed by atoms with Gasteiger partial charge in [-0.05, 0) is 38.5 Å². The maximum Gasteiger partial charge on any atom is 0.236 e. The van der Waals surface area contributed by atoms with E-state index in [4.69, 9.17) is 5.73 Å². The molecule has 88 valence electrons. The molecular weight excluding hydrogens is 192 g/mol. The quantitative estimate of drug-likeness (QED) is 0.636. The number of carbonyl (C=O) groups is 1. The number of carbonyl (C=O) groups excluding carboxylic acids is 1. The van der Waals surface area contributed by atoms with Crippen molar-refractivity contribution in [2.45, 2.75) is 51.2 Å². The van der Waals surface area contributed by atoms with E-state index in [-0.39, 0.29) is 5.91 Å². The van der Waals surface area contributed by atoms with Crippen LogP contribution in [0.5, 0.6) is 0 Å². The molecule has 1 saturated carbocycles. The largest absolute Gasteiger partial charge is 0.388 e. The van der Waals surface area contributed by atoms with Gasteiger partial charge in [0.05, 0.1) is 11.6 Å². The number of rotatable bonds is 3. The van der Waals surface area contributed by atoms with Gasteiger partial charge in [0.25, 0.3) is 0 Å². The van der Waals surface area contributed by atoms with Crippen LogP contribution in [0.3, 0.4) is 0 Å². The number of hydrogen-bond donors (Lipinski definition) is 3. The van der Waals surface area contributed by atoms with Crippen LogP contribution in [-0.4, -0.2) is 29.2 Å². The molecule has 0 saturated heterocycles. The standard InChI is InChI=1S/C11H22N2O2/c1-8-3-5-11(15,6-4-8)7-13-10(14)9(2)12/h8-9,15H,3-7,12H2,1-2H3,(H,13,14)/t8?,9-,11?/m1/s1. The van der Waals surface area contributed by atoms with E-state index in [1.165, 1.54) is 0 Å². The van der Waals surface area contributed by atoms with Gasteiger partial charge >= 0.3 is 0 Å². The predicted molar refractivity (Wildman–Crippen MR) is 59.2 cm³/mol. The third kappa shape index (κ3) is 3.80. The fourth-order valence-electron chi connectivity index (χ4n) is 1.89. The number of hydrogen-bond acceptors (Lipinski definition) is 3. The van der Waals surface area contributed by atoms with Crippen LogP contribution in [0.25, 0.3) is 0 Å². The second kappa shape index (κ2) is 4.94. The van der Waals surface area contributed by atoms with Crippen LogP contribution < -0.4 is 11.1 Å². The van der Waals surface area contributed by atoms with E-state index in [1.54, 1.807) is 6.92 Å². The molecule has 4 nitrogen and oxygen atoms in total. The Morgan fingerprint density at radius 3 is 2.60 bits per heavy atom. The molecule has 1 atom stereocenters. The molecule has 1 amide bonds. The minimum absolute atomic E-state index is 0.193. The Hall–Kier alpha value is -0.610. The third-order valence-electron chi connectivity index (χ3n) is 3.21. The molecule has 0 unspecified atom stereocenters. The van der Waals surface area contributed by atoms with Crippen LogP contribution in [0, 0.1) is 5.92 Å². The topological polar surface area (TPSA) is 75.3 Å². The molecule has 4 heteroatoms. The van der Waals surface area contributed by atoms with Crippen molar-refractivity contribution in [3.63, 3.8) is 0 Å². The number of nitrogens with one attached hydrogen (secondary N) is 1. The smallest absolute Gasteiger partial charge is 0.236 e. The van der Waals surface area contributed by atoms with Crippen molar-refractivity contribution in [2.75, 3.05) is 6.54 Å². The van der Waals surface area contributed by atoms with Gasteiger partial charge in [-0.2, -0.15) is 0 Å². The van der Waals surface area contributed by atoms with Crippen molar-refractivity contribution in [1.29, 1.82) is 0 Å². The molecule has 0 bridgehead atoms. The van der Waals surface area contributed by atoms with E-state index in [1.807, 2.05) is 0 Å². The van der Waals surface area contributed by atoms with Crippen LogP contribution in [0.4, 0.5) is 0 Å². The van der Waals surface area contributed by atoms with Crippen LogP contribution in [0.2, 0.25) is 0 Å². The second-order valence-corrected chi connectivity index (χ2v) is 4.91. The van der Waals surface area contributed by atoms with E-state index in [0.29, 0.717) is 12.5 Å². The van der Waals surface area contributed by atoms with Gasteiger partial charge in [-0.1, -0.05) is 6.92 Å². The minimum Gasteiger partial charge on any atom is -0.388 e. The lowest BCUT2D eigenvalue weighted by atomic mass is 9.79. The van der Waals surface area contributed by atoms with Crippen molar-refractivity contribution in [3.8, 4) is 0 Å². The third-order valence-corrected chi connectivity index (χ3v) is 3.21. The Bertz CT molecular complexity index is 221. The summed E-state index contributed by atoms with van der Waals surface area (Å²) in [5, 5.41) is 12.9. The minimum atomic E-state index is -0.711. The zero-order valence-electron chi connectivity index (χ0n) is 9.62. The van der Waals surface area contributed by atoms with E-state index in [9.17, 15) is 9.90 Å². The lowest BCUT2D eigenvalue weighted by Gasteiger charge is -2.35. The second-order valence-electron chi connectivity index (χ2n) is 4.91. The molecule has 1 aliphatic carbocycles. The summed E-state index contributed by atoms with van der Waals surface area (Å²) in [6, 6.07) is -0.504. The predicted octanol–water partition coefficient (Wildman–Crippen LogP) is 0.391. The van der Waals surface area contributed by atoms with E-state index >= 15 is 0 Å². The van der Waals surface area contributed by atoms with Crippen molar-refractivity contribution in [2.24, 2.45) is 11.7 Å². The summed E-state index contributed by atoms with van der Waals surface area (Å²) in [5.41, 5.74) is 4.71. The van der Waals surface area contributed by atoms with Gasteiger partial charge in [-0.15, -0.1) is 0 Å². The highest BCUT2D eigenvalue weighted by atomic mass is 16.3. The van der Waals surface area contributed by atoms with Crippen LogP contribution in [-0.2, 0) is 4.79 Å². The van der Waals surface area contributed by atoms with Crippen LogP contribution >= 0.6 is 0 Å². The van der Waals surface area contributed by atoms with Crippen molar-refractivity contribution >= 4 is 5.91 Å². The fraction of sp³-hybridized carbons (Fsp3) is 0.909. The normalized spacial score (nSPS) is 33.5. The average Bonchev–Trinajstić information content (AvgIpc) is 2.19. The zero-order valence-corrected chi connectivity index (χ0v) is 9.62. The summed E-state index contributed by atoms with van der Waals surface area (Å²) in [6.45, 7) is 4.17. The first-order chi connectivity index (χ1) is 6.93. The van der Waals surface area contributed by atoms with Crippen LogP contribution in [0.1, 0.15) is 39.5 Å². The summed E-state index contributed by atoms with van der Waals surface area (Å²) in [7, 11) is 0. The Morgan fingerprint density at radius 2 is 2.13 bits per heavy atom. The summed E-state index contributed by atoms with van der Waals surface area (Å²) < 4.78 is 0. The Kier molecular flexibility index (Phi) is 4.11. The van der Waals surface area contributed by atoms with Crippen molar-refractivity contribution in [1.82, 2.24) is 5.32 Å². The molecule has 1 fully saturated rings. The molecule has 1 aliphatic rings. The van der Waals surface area contributed by atoms with Gasteiger partial charge in [0, 0.05) is 6.54 Å². The van der Waals surface area contributed by atoms with Gasteiger partial charge < -0.3 is 16.2 Å². The monoisotopic (exact) mass is 214 g/mol. The summed E-state index contributed by atoms with van der Waals surface area (Å²) in [4.78, 5) is 11.2. The fourth-order valence-corrected chi connectivity index (χ4v) is 1.89. The van der Waals surface area contributed by atoms with Crippen molar-refractivity contribution < 1.29 is 9.90 Å². The highest BCUT2D eigenvalue weighted by Gasteiger charge is 2.32. The van der Waals surface area contributed by atoms with Crippen LogP contribution in [0.15, 0.2) is 0 Å². The first-order valence-corrected chi connectivity index (χ1v) is 5.69. The molecule has 0 aromatic rings. The zero-order chi connectivity index (χ0) is 11.5. The summed E-state index contributed by atoms with van der Waals surface area (Å²) in [6.07, 6.45) is 3.61. The molecule has 4 N–H and O–H groups in total. The molecule has 0 heterocycles. The SMILES string of the molecule is CC1CCC(O)(CNC(=O)[C@@H](C)N)CC1. The molecule has 0 radical (unpaired) electrons. The summed E-state index contributed by atoms with van der Waals surface area (Å²) in [5.74, 6) is 0.497. The highest BCUT2D eigenvalue weighted by Crippen LogP contribution is 2.31. The van der Waals surface area contributed by atoms with E-state index in [2.05, 4.69) is 12.2 Å². The average molecular weight is 214 g/mol. The first-order valence-electron chi connectivity index (χ1n) is 5.69. The summed E-state index contributed by atoms with van der Waals surface area (Å²) >= 11 is 0. The van der Waals surface area contributed by atoms with Crippen molar-refractivity contribution in [3.05, 3.63) is 0 Å². The van der Waals surface area contributed by atoms with E-state index < -0.39 is 11.6 Å². The van der Waals surface area contributed by atoms with E-state index in [0.717, 1.165) is 25.7 Å². The lowest BCUT2D eigenvalue weighted by Crippen LogP contribution is -2.48. The maximum atomic E-state index is 11.2. The van der Waals surface area contributed by atoms with Gasteiger partial charge in [-0.3, -0.25) is 4.79 Å². The molecule has 0 aliphatic heterocycles. The van der Waals surface area contributed by atoms with Gasteiger partial charge in [0.15, 0.2) is 0 Å². The maximum absolute atomic E-state index is 11.2. The van der Waals surface area contributed by atoms with Gasteiger partial charge in [0.1, 0.15) is 0 Å². The molecule has 0 aromatic heterocycles. The number of aliphatic hydroxyl groups is 1. The molecular formula is C11H22N2O2. The first kappa shape index (κ1) is 12.5. The molecule has 1 rings (SSSR count). The lowest BCUT2D eigenvalue weighted by molar-refractivity contribution is -0.123. The Labute approximate surface area is 91.2 Å². The highest BCUT2D eigenvalue weighted by molar-refractivity contribution is 5.81. The molecule has 0 aromatic carbocycles. The molecule has 15 heavy (non-hydrogen) atoms. The Morgan fingerprint density at radius 1 is 1.60 bits per heavy atom. The van der Waals surface area contributed by atoms with Gasteiger partial charge in [0.2, 0.25) is 5.91 Å². The molecule has 0 spiro atoms. The number of amides is 1. The van der Waals surface area contributed by atoms with Gasteiger partial charge in [-0.25, -0.2) is 0 Å². The number of nitrogens with two attached hydrogens (primary N) is 1. The Balaban J connectivity index is 2.34.